The van der Waals surface area contributed by atoms with Gasteiger partial charge in [0.25, 0.3) is 0 Å². The number of aliphatic hydroxyl groups is 1. The molecule has 15 heavy (non-hydrogen) atoms. The molecule has 1 heterocycles. The second-order valence-electron chi connectivity index (χ2n) is 3.18. The topological polar surface area (TPSA) is 74.9 Å². The number of H-pyrrole nitrogens is 1. The lowest BCUT2D eigenvalue weighted by molar-refractivity contribution is 0.221. The van der Waals surface area contributed by atoms with Crippen molar-refractivity contribution >= 4 is 17.3 Å². The van der Waals surface area contributed by atoms with E-state index in [0.29, 0.717) is 21.8 Å². The first-order valence-electron chi connectivity index (χ1n) is 4.41. The summed E-state index contributed by atoms with van der Waals surface area (Å²) >= 11 is 5.86. The second-order valence-corrected chi connectivity index (χ2v) is 3.58. The zero-order valence-corrected chi connectivity index (χ0v) is 8.57. The molecule has 78 valence electrons. The fraction of sp³-hybridized carbons (Fsp3) is 0.100. The van der Waals surface area contributed by atoms with E-state index in [1.807, 2.05) is 0 Å². The van der Waals surface area contributed by atoms with E-state index in [4.69, 9.17) is 17.3 Å². The molecule has 4 nitrogen and oxygen atoms in total. The maximum atomic E-state index is 9.99. The summed E-state index contributed by atoms with van der Waals surface area (Å²) in [6.45, 7) is 0. The van der Waals surface area contributed by atoms with Gasteiger partial charge in [0, 0.05) is 17.3 Å². The third-order valence-electron chi connectivity index (χ3n) is 2.22. The van der Waals surface area contributed by atoms with Gasteiger partial charge in [0.1, 0.15) is 6.10 Å². The summed E-state index contributed by atoms with van der Waals surface area (Å²) in [5.41, 5.74) is 7.41. The number of aromatic nitrogens is 2. The van der Waals surface area contributed by atoms with Gasteiger partial charge in [-0.1, -0.05) is 23.7 Å². The van der Waals surface area contributed by atoms with Crippen molar-refractivity contribution in [1.82, 2.24) is 10.2 Å². The van der Waals surface area contributed by atoms with Crippen LogP contribution in [0.2, 0.25) is 5.02 Å². The van der Waals surface area contributed by atoms with Crippen molar-refractivity contribution in [3.05, 3.63) is 46.7 Å². The highest BCUT2D eigenvalue weighted by Gasteiger charge is 2.15. The minimum absolute atomic E-state index is 0.396. The van der Waals surface area contributed by atoms with Crippen molar-refractivity contribution < 1.29 is 5.11 Å². The first-order valence-corrected chi connectivity index (χ1v) is 4.78. The molecule has 2 aromatic rings. The van der Waals surface area contributed by atoms with E-state index < -0.39 is 6.10 Å². The van der Waals surface area contributed by atoms with Crippen molar-refractivity contribution in [2.45, 2.75) is 6.10 Å². The van der Waals surface area contributed by atoms with Crippen LogP contribution in [0.15, 0.2) is 30.6 Å². The maximum absolute atomic E-state index is 9.99. The van der Waals surface area contributed by atoms with Gasteiger partial charge < -0.3 is 10.8 Å². The number of nitrogen functional groups attached to an aromatic ring is 1. The molecule has 0 spiro atoms. The summed E-state index contributed by atoms with van der Waals surface area (Å²) in [5.74, 6) is 0. The van der Waals surface area contributed by atoms with Gasteiger partial charge in [-0.2, -0.15) is 5.10 Å². The molecule has 0 aliphatic carbocycles. The van der Waals surface area contributed by atoms with Crippen LogP contribution in [0.1, 0.15) is 17.2 Å². The van der Waals surface area contributed by atoms with E-state index in [1.54, 1.807) is 30.6 Å². The van der Waals surface area contributed by atoms with Gasteiger partial charge >= 0.3 is 0 Å². The number of nitrogens with two attached hydrogens (primary N) is 1. The van der Waals surface area contributed by atoms with Gasteiger partial charge in [0.05, 0.1) is 16.9 Å². The van der Waals surface area contributed by atoms with Crippen LogP contribution in [0.5, 0.6) is 0 Å². The molecule has 0 aliphatic heterocycles. The lowest BCUT2D eigenvalue weighted by Gasteiger charge is -2.12. The molecule has 1 aromatic heterocycles. The molecule has 0 bridgehead atoms. The number of aliphatic hydroxyl groups excluding tert-OH is 1. The first-order chi connectivity index (χ1) is 7.20. The second kappa shape index (κ2) is 3.92. The van der Waals surface area contributed by atoms with Crippen molar-refractivity contribution in [3.8, 4) is 0 Å². The van der Waals surface area contributed by atoms with Gasteiger partial charge in [0.15, 0.2) is 0 Å². The molecular weight excluding hydrogens is 214 g/mol. The molecular formula is C10H10ClN3O. The van der Waals surface area contributed by atoms with E-state index >= 15 is 0 Å². The monoisotopic (exact) mass is 223 g/mol. The first kappa shape index (κ1) is 10.0. The summed E-state index contributed by atoms with van der Waals surface area (Å²) in [5, 5.41) is 16.8. The van der Waals surface area contributed by atoms with Gasteiger partial charge in [0.2, 0.25) is 0 Å². The van der Waals surface area contributed by atoms with Crippen LogP contribution in [-0.2, 0) is 0 Å². The average molecular weight is 224 g/mol. The third kappa shape index (κ3) is 1.82. The molecule has 0 saturated heterocycles. The van der Waals surface area contributed by atoms with E-state index in [2.05, 4.69) is 10.2 Å². The fourth-order valence-electron chi connectivity index (χ4n) is 1.38. The Bertz CT molecular complexity index is 456. The van der Waals surface area contributed by atoms with Crippen molar-refractivity contribution in [2.24, 2.45) is 0 Å². The molecule has 1 unspecified atom stereocenters. The van der Waals surface area contributed by atoms with Gasteiger partial charge in [-0.3, -0.25) is 5.10 Å². The average Bonchev–Trinajstić information content (AvgIpc) is 2.74. The van der Waals surface area contributed by atoms with Crippen molar-refractivity contribution in [2.75, 3.05) is 5.73 Å². The summed E-state index contributed by atoms with van der Waals surface area (Å²) in [6.07, 6.45) is 2.36. The lowest BCUT2D eigenvalue weighted by atomic mass is 10.0. The molecule has 0 radical (unpaired) electrons. The Balaban J connectivity index is 2.42. The molecule has 0 saturated carbocycles. The number of hydrogen-bond acceptors (Lipinski definition) is 3. The largest absolute Gasteiger partial charge is 0.397 e. The van der Waals surface area contributed by atoms with E-state index in [1.165, 1.54) is 0 Å². The summed E-state index contributed by atoms with van der Waals surface area (Å²) in [7, 11) is 0. The Labute approximate surface area is 91.7 Å². The lowest BCUT2D eigenvalue weighted by Crippen LogP contribution is -2.03. The van der Waals surface area contributed by atoms with Gasteiger partial charge in [-0.05, 0) is 6.07 Å². The minimum atomic E-state index is -0.803. The van der Waals surface area contributed by atoms with Crippen LogP contribution in [0.3, 0.4) is 0 Å². The normalized spacial score (nSPS) is 12.7. The summed E-state index contributed by atoms with van der Waals surface area (Å²) < 4.78 is 0. The molecule has 4 N–H and O–H groups in total. The quantitative estimate of drug-likeness (QED) is 0.679. The number of rotatable bonds is 2. The summed E-state index contributed by atoms with van der Waals surface area (Å²) in [6, 6.07) is 5.17. The number of anilines is 1. The number of halogens is 1. The van der Waals surface area contributed by atoms with Crippen LogP contribution in [-0.4, -0.2) is 15.3 Å². The molecule has 0 amide bonds. The van der Waals surface area contributed by atoms with Crippen molar-refractivity contribution in [3.63, 3.8) is 0 Å². The summed E-state index contributed by atoms with van der Waals surface area (Å²) in [4.78, 5) is 0. The van der Waals surface area contributed by atoms with Gasteiger partial charge in [-0.25, -0.2) is 0 Å². The van der Waals surface area contributed by atoms with Crippen LogP contribution in [0.25, 0.3) is 0 Å². The highest BCUT2D eigenvalue weighted by molar-refractivity contribution is 6.33. The number of para-hydroxylation sites is 1. The van der Waals surface area contributed by atoms with Crippen LogP contribution in [0, 0.1) is 0 Å². The number of aromatic amines is 1. The van der Waals surface area contributed by atoms with E-state index in [0.717, 1.165) is 0 Å². The third-order valence-corrected chi connectivity index (χ3v) is 2.55. The number of nitrogens with zero attached hydrogens (tertiary/aromatic N) is 1. The van der Waals surface area contributed by atoms with Crippen LogP contribution in [0.4, 0.5) is 5.69 Å². The highest BCUT2D eigenvalue weighted by atomic mass is 35.5. The molecule has 0 fully saturated rings. The zero-order valence-electron chi connectivity index (χ0n) is 7.81. The van der Waals surface area contributed by atoms with Crippen LogP contribution < -0.4 is 5.73 Å². The van der Waals surface area contributed by atoms with Crippen molar-refractivity contribution in [1.29, 1.82) is 0 Å². The molecule has 5 heteroatoms. The zero-order chi connectivity index (χ0) is 10.8. The van der Waals surface area contributed by atoms with Crippen LogP contribution >= 0.6 is 11.6 Å². The predicted octanol–water partition coefficient (Wildman–Crippen LogP) is 1.73. The van der Waals surface area contributed by atoms with E-state index in [-0.39, 0.29) is 0 Å². The Morgan fingerprint density at radius 2 is 2.27 bits per heavy atom. The standard InChI is InChI=1S/C10H10ClN3O/c11-8-3-1-2-7(9(8)12)10(15)6-4-13-14-5-6/h1-5,10,15H,12H2,(H,13,14). The highest BCUT2D eigenvalue weighted by Crippen LogP contribution is 2.30. The molecule has 1 atom stereocenters. The Hall–Kier alpha value is -1.52. The smallest absolute Gasteiger partial charge is 0.109 e. The fourth-order valence-corrected chi connectivity index (χ4v) is 1.56. The number of nitrogens with one attached hydrogen (secondary N) is 1. The predicted molar refractivity (Wildman–Crippen MR) is 58.5 cm³/mol. The molecule has 0 aliphatic rings. The van der Waals surface area contributed by atoms with E-state index in [9.17, 15) is 5.11 Å². The number of benzene rings is 1. The number of hydrogen-bond donors (Lipinski definition) is 3. The molecule has 2 rings (SSSR count). The Morgan fingerprint density at radius 1 is 1.47 bits per heavy atom. The Morgan fingerprint density at radius 3 is 2.93 bits per heavy atom. The maximum Gasteiger partial charge on any atom is 0.109 e. The minimum Gasteiger partial charge on any atom is -0.397 e. The SMILES string of the molecule is Nc1c(Cl)cccc1C(O)c1cn[nH]c1. The van der Waals surface area contributed by atoms with Gasteiger partial charge in [-0.15, -0.1) is 0 Å². The molecule has 1 aromatic carbocycles. The Kier molecular flexibility index (Phi) is 2.62.